The van der Waals surface area contributed by atoms with Crippen LogP contribution in [-0.4, -0.2) is 28.5 Å². The molecule has 1 aromatic heterocycles. The van der Waals surface area contributed by atoms with Crippen LogP contribution < -0.4 is 5.32 Å². The van der Waals surface area contributed by atoms with Gasteiger partial charge in [0.2, 0.25) is 5.13 Å². The first-order valence-electron chi connectivity index (χ1n) is 5.46. The summed E-state index contributed by atoms with van der Waals surface area (Å²) in [7, 11) is 0. The third kappa shape index (κ3) is 2.66. The molecule has 0 aromatic carbocycles. The Morgan fingerprint density at radius 1 is 1.40 bits per heavy atom. The van der Waals surface area contributed by atoms with Gasteiger partial charge in [-0.3, -0.25) is 0 Å². The van der Waals surface area contributed by atoms with Crippen LogP contribution in [0, 0.1) is 5.41 Å². The molecule has 0 amide bonds. The topological polar surface area (TPSA) is 58.0 Å². The van der Waals surface area contributed by atoms with Crippen molar-refractivity contribution in [2.24, 2.45) is 5.41 Å². The van der Waals surface area contributed by atoms with Crippen molar-refractivity contribution in [2.75, 3.05) is 18.5 Å². The molecule has 0 unspecified atom stereocenters. The van der Waals surface area contributed by atoms with Crippen molar-refractivity contribution in [1.82, 2.24) is 10.2 Å². The third-order valence-electron chi connectivity index (χ3n) is 3.22. The number of hydrogen-bond acceptors (Lipinski definition) is 5. The summed E-state index contributed by atoms with van der Waals surface area (Å²) in [6.07, 6.45) is 6.02. The quantitative estimate of drug-likeness (QED) is 0.824. The van der Waals surface area contributed by atoms with E-state index < -0.39 is 0 Å². The van der Waals surface area contributed by atoms with E-state index in [1.54, 1.807) is 5.51 Å². The molecule has 1 aromatic rings. The molecular weight excluding hydrogens is 210 g/mol. The van der Waals surface area contributed by atoms with Crippen molar-refractivity contribution < 1.29 is 5.11 Å². The molecule has 4 nitrogen and oxygen atoms in total. The summed E-state index contributed by atoms with van der Waals surface area (Å²) in [5.74, 6) is 0. The van der Waals surface area contributed by atoms with E-state index >= 15 is 0 Å². The van der Waals surface area contributed by atoms with Gasteiger partial charge >= 0.3 is 0 Å². The molecule has 2 rings (SSSR count). The monoisotopic (exact) mass is 227 g/mol. The molecular formula is C10H17N3OS. The standard InChI is InChI=1S/C10H17N3OS/c14-7-10(4-2-1-3-5-10)6-11-9-13-12-8-15-9/h8,14H,1-7H2,(H,11,13). The number of anilines is 1. The zero-order chi connectivity index (χ0) is 10.6. The molecule has 0 radical (unpaired) electrons. The van der Waals surface area contributed by atoms with Gasteiger partial charge in [0.05, 0.1) is 6.61 Å². The lowest BCUT2D eigenvalue weighted by Crippen LogP contribution is -2.35. The Kier molecular flexibility index (Phi) is 3.53. The molecule has 1 aliphatic rings. The maximum atomic E-state index is 9.50. The van der Waals surface area contributed by atoms with Gasteiger partial charge in [0.15, 0.2) is 0 Å². The van der Waals surface area contributed by atoms with E-state index in [4.69, 9.17) is 0 Å². The van der Waals surface area contributed by atoms with Crippen molar-refractivity contribution in [3.8, 4) is 0 Å². The molecule has 15 heavy (non-hydrogen) atoms. The Hall–Kier alpha value is -0.680. The second kappa shape index (κ2) is 4.90. The lowest BCUT2D eigenvalue weighted by Gasteiger charge is -2.35. The zero-order valence-corrected chi connectivity index (χ0v) is 9.59. The minimum absolute atomic E-state index is 0.0733. The van der Waals surface area contributed by atoms with Gasteiger partial charge in [-0.25, -0.2) is 0 Å². The molecule has 0 spiro atoms. The predicted molar refractivity (Wildman–Crippen MR) is 61.0 cm³/mol. The molecule has 0 saturated heterocycles. The second-order valence-electron chi connectivity index (χ2n) is 4.32. The van der Waals surface area contributed by atoms with Crippen LogP contribution in [-0.2, 0) is 0 Å². The van der Waals surface area contributed by atoms with Crippen molar-refractivity contribution in [2.45, 2.75) is 32.1 Å². The first kappa shape index (κ1) is 10.8. The Morgan fingerprint density at radius 2 is 2.20 bits per heavy atom. The predicted octanol–water partition coefficient (Wildman–Crippen LogP) is 1.89. The average molecular weight is 227 g/mol. The van der Waals surface area contributed by atoms with Crippen LogP contribution in [0.25, 0.3) is 0 Å². The molecule has 5 heteroatoms. The first-order valence-corrected chi connectivity index (χ1v) is 6.34. The molecule has 1 fully saturated rings. The van der Waals surface area contributed by atoms with Gasteiger partial charge in [0.1, 0.15) is 5.51 Å². The molecule has 0 aliphatic heterocycles. The lowest BCUT2D eigenvalue weighted by atomic mass is 9.74. The molecule has 1 saturated carbocycles. The normalized spacial score (nSPS) is 20.1. The lowest BCUT2D eigenvalue weighted by molar-refractivity contribution is 0.0944. The fourth-order valence-electron chi connectivity index (χ4n) is 2.21. The highest BCUT2D eigenvalue weighted by Crippen LogP contribution is 2.35. The molecule has 84 valence electrons. The number of nitrogens with zero attached hydrogens (tertiary/aromatic N) is 2. The number of hydrogen-bond donors (Lipinski definition) is 2. The van der Waals surface area contributed by atoms with Gasteiger partial charge < -0.3 is 10.4 Å². The summed E-state index contributed by atoms with van der Waals surface area (Å²) in [6.45, 7) is 1.09. The Balaban J connectivity index is 1.89. The highest BCUT2D eigenvalue weighted by Gasteiger charge is 2.31. The summed E-state index contributed by atoms with van der Waals surface area (Å²) in [4.78, 5) is 0. The summed E-state index contributed by atoms with van der Waals surface area (Å²) in [5, 5.41) is 21.3. The maximum Gasteiger partial charge on any atom is 0.205 e. The number of nitrogens with one attached hydrogen (secondary N) is 1. The van der Waals surface area contributed by atoms with Crippen molar-refractivity contribution in [3.05, 3.63) is 5.51 Å². The van der Waals surface area contributed by atoms with Crippen LogP contribution in [0.4, 0.5) is 5.13 Å². The molecule has 1 aliphatic carbocycles. The zero-order valence-electron chi connectivity index (χ0n) is 8.78. The molecule has 2 N–H and O–H groups in total. The highest BCUT2D eigenvalue weighted by atomic mass is 32.1. The van der Waals surface area contributed by atoms with Crippen LogP contribution in [0.3, 0.4) is 0 Å². The summed E-state index contributed by atoms with van der Waals surface area (Å²) < 4.78 is 0. The van der Waals surface area contributed by atoms with E-state index in [9.17, 15) is 5.11 Å². The number of aliphatic hydroxyl groups excluding tert-OH is 1. The average Bonchev–Trinajstić information content (AvgIpc) is 2.81. The van der Waals surface area contributed by atoms with Gasteiger partial charge in [-0.1, -0.05) is 30.6 Å². The van der Waals surface area contributed by atoms with Crippen LogP contribution >= 0.6 is 11.3 Å². The minimum atomic E-state index is 0.0733. The number of rotatable bonds is 4. The highest BCUT2D eigenvalue weighted by molar-refractivity contribution is 7.13. The number of aromatic nitrogens is 2. The smallest absolute Gasteiger partial charge is 0.205 e. The van der Waals surface area contributed by atoms with Gasteiger partial charge in [-0.05, 0) is 12.8 Å². The Morgan fingerprint density at radius 3 is 2.80 bits per heavy atom. The van der Waals surface area contributed by atoms with Crippen LogP contribution in [0.2, 0.25) is 0 Å². The Labute approximate surface area is 93.7 Å². The van der Waals surface area contributed by atoms with Crippen LogP contribution in [0.1, 0.15) is 32.1 Å². The van der Waals surface area contributed by atoms with E-state index in [1.165, 1.54) is 30.6 Å². The van der Waals surface area contributed by atoms with Gasteiger partial charge in [-0.15, -0.1) is 10.2 Å². The van der Waals surface area contributed by atoms with E-state index in [-0.39, 0.29) is 12.0 Å². The largest absolute Gasteiger partial charge is 0.396 e. The van der Waals surface area contributed by atoms with Crippen LogP contribution in [0.15, 0.2) is 5.51 Å². The fourth-order valence-corrected chi connectivity index (χ4v) is 2.65. The summed E-state index contributed by atoms with van der Waals surface area (Å²) >= 11 is 1.51. The van der Waals surface area contributed by atoms with E-state index in [0.717, 1.165) is 24.5 Å². The van der Waals surface area contributed by atoms with Crippen molar-refractivity contribution in [1.29, 1.82) is 0 Å². The first-order chi connectivity index (χ1) is 7.35. The molecule has 0 atom stereocenters. The summed E-state index contributed by atoms with van der Waals surface area (Å²) in [6, 6.07) is 0. The fraction of sp³-hybridized carbons (Fsp3) is 0.800. The molecule has 0 bridgehead atoms. The maximum absolute atomic E-state index is 9.50. The van der Waals surface area contributed by atoms with Crippen molar-refractivity contribution >= 4 is 16.5 Å². The van der Waals surface area contributed by atoms with Crippen LogP contribution in [0.5, 0.6) is 0 Å². The van der Waals surface area contributed by atoms with Crippen molar-refractivity contribution in [3.63, 3.8) is 0 Å². The van der Waals surface area contributed by atoms with Gasteiger partial charge in [0.25, 0.3) is 0 Å². The van der Waals surface area contributed by atoms with Gasteiger partial charge in [0, 0.05) is 12.0 Å². The summed E-state index contributed by atoms with van der Waals surface area (Å²) in [5.41, 5.74) is 1.79. The van der Waals surface area contributed by atoms with Gasteiger partial charge in [-0.2, -0.15) is 0 Å². The van der Waals surface area contributed by atoms with E-state index in [1.807, 2.05) is 0 Å². The second-order valence-corrected chi connectivity index (χ2v) is 5.15. The minimum Gasteiger partial charge on any atom is -0.396 e. The van der Waals surface area contributed by atoms with E-state index in [0.29, 0.717) is 0 Å². The SMILES string of the molecule is OCC1(CNc2nncs2)CCCCC1. The molecule has 1 heterocycles. The number of aliphatic hydroxyl groups is 1. The Bertz CT molecular complexity index is 283. The third-order valence-corrected chi connectivity index (χ3v) is 3.87. The van der Waals surface area contributed by atoms with E-state index in [2.05, 4.69) is 15.5 Å².